The topological polar surface area (TPSA) is 56.8 Å². The first-order valence-electron chi connectivity index (χ1n) is 7.58. The first-order valence-corrected chi connectivity index (χ1v) is 7.58. The van der Waals surface area contributed by atoms with E-state index in [-0.39, 0.29) is 18.6 Å². The molecule has 1 atom stereocenters. The summed E-state index contributed by atoms with van der Waals surface area (Å²) in [7, 11) is 0. The number of anilines is 1. The van der Waals surface area contributed by atoms with Gasteiger partial charge in [-0.1, -0.05) is 24.3 Å². The van der Waals surface area contributed by atoms with Crippen molar-refractivity contribution in [3.8, 4) is 17.2 Å². The summed E-state index contributed by atoms with van der Waals surface area (Å²) in [5.74, 6) is 1.60. The summed E-state index contributed by atoms with van der Waals surface area (Å²) in [5.41, 5.74) is 0.619. The zero-order valence-electron chi connectivity index (χ0n) is 13.1. The standard InChI is InChI=1S/C18H19NO4/c1-12(2)22-14-8-4-3-7-13(14)19-18(20)17-11-21-15-9-5-6-10-16(15)23-17/h3-10,12,17H,11H2,1-2H3,(H,19,20). The van der Waals surface area contributed by atoms with E-state index in [1.807, 2.05) is 50.2 Å². The normalized spacial score (nSPS) is 16.0. The molecule has 0 bridgehead atoms. The van der Waals surface area contributed by atoms with Gasteiger partial charge in [0.2, 0.25) is 6.10 Å². The Balaban J connectivity index is 1.71. The largest absolute Gasteiger partial charge is 0.489 e. The van der Waals surface area contributed by atoms with Gasteiger partial charge in [-0.25, -0.2) is 0 Å². The monoisotopic (exact) mass is 313 g/mol. The number of para-hydroxylation sites is 4. The first-order chi connectivity index (χ1) is 11.1. The van der Waals surface area contributed by atoms with E-state index in [1.54, 1.807) is 12.1 Å². The molecule has 1 N–H and O–H groups in total. The lowest BCUT2D eigenvalue weighted by molar-refractivity contribution is -0.125. The van der Waals surface area contributed by atoms with Crippen LogP contribution in [0, 0.1) is 0 Å². The maximum atomic E-state index is 12.4. The fourth-order valence-electron chi connectivity index (χ4n) is 2.29. The van der Waals surface area contributed by atoms with Crippen molar-refractivity contribution in [2.75, 3.05) is 11.9 Å². The molecule has 1 aliphatic heterocycles. The first kappa shape index (κ1) is 15.2. The molecule has 2 aromatic carbocycles. The van der Waals surface area contributed by atoms with Crippen molar-refractivity contribution in [2.45, 2.75) is 26.1 Å². The third kappa shape index (κ3) is 3.56. The Labute approximate surface area is 135 Å². The molecule has 0 saturated heterocycles. The highest BCUT2D eigenvalue weighted by atomic mass is 16.6. The predicted octanol–water partition coefficient (Wildman–Crippen LogP) is 3.25. The lowest BCUT2D eigenvalue weighted by atomic mass is 10.2. The van der Waals surface area contributed by atoms with Crippen molar-refractivity contribution in [1.82, 2.24) is 0 Å². The molecular weight excluding hydrogens is 294 g/mol. The van der Waals surface area contributed by atoms with Crippen LogP contribution >= 0.6 is 0 Å². The molecule has 2 aromatic rings. The molecule has 0 aliphatic carbocycles. The molecule has 1 heterocycles. The van der Waals surface area contributed by atoms with Crippen LogP contribution in [0.4, 0.5) is 5.69 Å². The Kier molecular flexibility index (Phi) is 4.37. The number of fused-ring (bicyclic) bond motifs is 1. The van der Waals surface area contributed by atoms with E-state index < -0.39 is 6.10 Å². The van der Waals surface area contributed by atoms with Crippen molar-refractivity contribution in [3.05, 3.63) is 48.5 Å². The SMILES string of the molecule is CC(C)Oc1ccccc1NC(=O)C1COc2ccccc2O1. The van der Waals surface area contributed by atoms with E-state index >= 15 is 0 Å². The minimum absolute atomic E-state index is 0.0224. The van der Waals surface area contributed by atoms with E-state index in [9.17, 15) is 4.79 Å². The molecule has 1 amide bonds. The van der Waals surface area contributed by atoms with Crippen LogP contribution in [0.25, 0.3) is 0 Å². The van der Waals surface area contributed by atoms with Gasteiger partial charge in [-0.05, 0) is 38.1 Å². The van der Waals surface area contributed by atoms with Crippen molar-refractivity contribution in [1.29, 1.82) is 0 Å². The van der Waals surface area contributed by atoms with Gasteiger partial charge in [0.05, 0.1) is 11.8 Å². The Hall–Kier alpha value is -2.69. The zero-order chi connectivity index (χ0) is 16.2. The van der Waals surface area contributed by atoms with E-state index in [0.717, 1.165) is 0 Å². The minimum atomic E-state index is -0.697. The van der Waals surface area contributed by atoms with Gasteiger partial charge in [-0.15, -0.1) is 0 Å². The molecule has 23 heavy (non-hydrogen) atoms. The van der Waals surface area contributed by atoms with Crippen molar-refractivity contribution in [2.24, 2.45) is 0 Å². The average Bonchev–Trinajstić information content (AvgIpc) is 2.55. The van der Waals surface area contributed by atoms with Gasteiger partial charge in [0.1, 0.15) is 12.4 Å². The number of carbonyl (C=O) groups is 1. The van der Waals surface area contributed by atoms with E-state index in [2.05, 4.69) is 5.32 Å². The van der Waals surface area contributed by atoms with E-state index in [4.69, 9.17) is 14.2 Å². The van der Waals surface area contributed by atoms with Crippen LogP contribution < -0.4 is 19.5 Å². The Morgan fingerprint density at radius 3 is 2.61 bits per heavy atom. The second kappa shape index (κ2) is 6.60. The van der Waals surface area contributed by atoms with Crippen LogP contribution in [-0.4, -0.2) is 24.7 Å². The molecule has 0 aromatic heterocycles. The van der Waals surface area contributed by atoms with Gasteiger partial charge in [-0.2, -0.15) is 0 Å². The maximum Gasteiger partial charge on any atom is 0.269 e. The van der Waals surface area contributed by atoms with Crippen LogP contribution in [0.1, 0.15) is 13.8 Å². The van der Waals surface area contributed by atoms with Crippen LogP contribution in [0.15, 0.2) is 48.5 Å². The van der Waals surface area contributed by atoms with Crippen LogP contribution in [0.5, 0.6) is 17.2 Å². The third-order valence-corrected chi connectivity index (χ3v) is 3.31. The number of carbonyl (C=O) groups excluding carboxylic acids is 1. The molecule has 0 saturated carbocycles. The molecule has 5 nitrogen and oxygen atoms in total. The fourth-order valence-corrected chi connectivity index (χ4v) is 2.29. The summed E-state index contributed by atoms with van der Waals surface area (Å²) in [4.78, 5) is 12.4. The summed E-state index contributed by atoms with van der Waals surface area (Å²) < 4.78 is 17.0. The molecule has 5 heteroatoms. The third-order valence-electron chi connectivity index (χ3n) is 3.31. The van der Waals surface area contributed by atoms with Crippen LogP contribution in [0.3, 0.4) is 0 Å². The maximum absolute atomic E-state index is 12.4. The van der Waals surface area contributed by atoms with Gasteiger partial charge < -0.3 is 19.5 Å². The Bertz CT molecular complexity index is 699. The molecule has 0 spiro atoms. The molecular formula is C18H19NO4. The summed E-state index contributed by atoms with van der Waals surface area (Å²) in [5, 5.41) is 2.85. The lowest BCUT2D eigenvalue weighted by Crippen LogP contribution is -2.40. The highest BCUT2D eigenvalue weighted by Gasteiger charge is 2.27. The second-order valence-corrected chi connectivity index (χ2v) is 5.52. The van der Waals surface area contributed by atoms with Gasteiger partial charge in [-0.3, -0.25) is 4.79 Å². The zero-order valence-corrected chi connectivity index (χ0v) is 13.1. The van der Waals surface area contributed by atoms with E-state index in [1.165, 1.54) is 0 Å². The highest BCUT2D eigenvalue weighted by Crippen LogP contribution is 2.31. The van der Waals surface area contributed by atoms with Gasteiger partial charge in [0.15, 0.2) is 11.5 Å². The number of nitrogens with one attached hydrogen (secondary N) is 1. The van der Waals surface area contributed by atoms with Gasteiger partial charge >= 0.3 is 0 Å². The molecule has 1 unspecified atom stereocenters. The minimum Gasteiger partial charge on any atom is -0.489 e. The molecule has 3 rings (SSSR count). The number of hydrogen-bond donors (Lipinski definition) is 1. The quantitative estimate of drug-likeness (QED) is 0.941. The molecule has 1 aliphatic rings. The summed E-state index contributed by atoms with van der Waals surface area (Å²) >= 11 is 0. The number of hydrogen-bond acceptors (Lipinski definition) is 4. The predicted molar refractivity (Wildman–Crippen MR) is 87.2 cm³/mol. The fraction of sp³-hybridized carbons (Fsp3) is 0.278. The van der Waals surface area contributed by atoms with Crippen molar-refractivity contribution < 1.29 is 19.0 Å². The highest BCUT2D eigenvalue weighted by molar-refractivity contribution is 5.96. The van der Waals surface area contributed by atoms with Crippen molar-refractivity contribution >= 4 is 11.6 Å². The number of rotatable bonds is 4. The van der Waals surface area contributed by atoms with E-state index in [0.29, 0.717) is 22.9 Å². The summed E-state index contributed by atoms with van der Waals surface area (Å²) in [6, 6.07) is 14.6. The summed E-state index contributed by atoms with van der Waals surface area (Å²) in [6.07, 6.45) is -0.675. The number of amides is 1. The molecule has 0 radical (unpaired) electrons. The molecule has 0 fully saturated rings. The molecule has 120 valence electrons. The van der Waals surface area contributed by atoms with Gasteiger partial charge in [0, 0.05) is 0 Å². The Morgan fingerprint density at radius 2 is 1.83 bits per heavy atom. The lowest BCUT2D eigenvalue weighted by Gasteiger charge is -2.26. The van der Waals surface area contributed by atoms with Gasteiger partial charge in [0.25, 0.3) is 5.91 Å². The van der Waals surface area contributed by atoms with Crippen LogP contribution in [0.2, 0.25) is 0 Å². The summed E-state index contributed by atoms with van der Waals surface area (Å²) in [6.45, 7) is 4.05. The second-order valence-electron chi connectivity index (χ2n) is 5.52. The average molecular weight is 313 g/mol. The van der Waals surface area contributed by atoms with Crippen molar-refractivity contribution in [3.63, 3.8) is 0 Å². The number of ether oxygens (including phenoxy) is 3. The number of benzene rings is 2. The van der Waals surface area contributed by atoms with Crippen LogP contribution in [-0.2, 0) is 4.79 Å². The smallest absolute Gasteiger partial charge is 0.269 e. The Morgan fingerprint density at radius 1 is 1.13 bits per heavy atom.